The number of anilines is 2. The van der Waals surface area contributed by atoms with Crippen LogP contribution in [0.2, 0.25) is 0 Å². The first-order valence-electron chi connectivity index (χ1n) is 11.5. The van der Waals surface area contributed by atoms with E-state index in [0.29, 0.717) is 10.9 Å². The SMILES string of the molecule is O=C(Nc1nnc(N[C@@H](Cc2c[nH]c3ccccc23)C(=O)O)s1)c1ccc2cccnc2c1O.O=C(O)C(F)(F)F. The van der Waals surface area contributed by atoms with Gasteiger partial charge in [-0.25, -0.2) is 9.59 Å². The Balaban J connectivity index is 0.000000493. The van der Waals surface area contributed by atoms with Crippen molar-refractivity contribution < 1.29 is 42.9 Å². The summed E-state index contributed by atoms with van der Waals surface area (Å²) >= 11 is 0.994. The summed E-state index contributed by atoms with van der Waals surface area (Å²) in [4.78, 5) is 40.7. The molecular weight excluding hydrogens is 569 g/mol. The van der Waals surface area contributed by atoms with Crippen molar-refractivity contribution in [2.24, 2.45) is 0 Å². The fourth-order valence-corrected chi connectivity index (χ4v) is 4.37. The highest BCUT2D eigenvalue weighted by molar-refractivity contribution is 7.19. The van der Waals surface area contributed by atoms with Crippen molar-refractivity contribution in [3.05, 3.63) is 72.1 Å². The molecule has 0 bridgehead atoms. The number of alkyl halides is 3. The van der Waals surface area contributed by atoms with Gasteiger partial charge in [0.05, 0.1) is 5.56 Å². The highest BCUT2D eigenvalue weighted by atomic mass is 32.1. The van der Waals surface area contributed by atoms with Gasteiger partial charge >= 0.3 is 18.1 Å². The van der Waals surface area contributed by atoms with Crippen molar-refractivity contribution in [3.8, 4) is 5.75 Å². The highest BCUT2D eigenvalue weighted by Gasteiger charge is 2.38. The van der Waals surface area contributed by atoms with Crippen LogP contribution in [0.15, 0.2) is 60.9 Å². The van der Waals surface area contributed by atoms with Gasteiger partial charge in [-0.1, -0.05) is 41.7 Å². The summed E-state index contributed by atoms with van der Waals surface area (Å²) in [6, 6.07) is 13.4. The first-order chi connectivity index (χ1) is 19.4. The number of hydrogen-bond acceptors (Lipinski definition) is 9. The van der Waals surface area contributed by atoms with Crippen LogP contribution in [0, 0.1) is 0 Å². The lowest BCUT2D eigenvalue weighted by Gasteiger charge is -2.12. The van der Waals surface area contributed by atoms with Crippen molar-refractivity contribution in [2.45, 2.75) is 18.6 Å². The number of halogens is 3. The molecule has 0 saturated carbocycles. The Labute approximate surface area is 231 Å². The number of aromatic hydroxyl groups is 1. The Morgan fingerprint density at radius 3 is 2.41 bits per heavy atom. The third-order valence-corrected chi connectivity index (χ3v) is 6.35. The van der Waals surface area contributed by atoms with E-state index in [1.165, 1.54) is 12.3 Å². The first kappa shape index (κ1) is 28.8. The fourth-order valence-electron chi connectivity index (χ4n) is 3.68. The number of nitrogens with zero attached hydrogens (tertiary/aromatic N) is 3. The number of aromatic nitrogens is 4. The van der Waals surface area contributed by atoms with Gasteiger partial charge in [0, 0.05) is 35.1 Å². The number of aromatic amines is 1. The molecule has 1 amide bonds. The van der Waals surface area contributed by atoms with Gasteiger partial charge in [-0.05, 0) is 23.8 Å². The number of fused-ring (bicyclic) bond motifs is 2. The molecule has 12 nitrogen and oxygen atoms in total. The molecule has 0 radical (unpaired) electrons. The second kappa shape index (κ2) is 11.9. The molecule has 16 heteroatoms. The summed E-state index contributed by atoms with van der Waals surface area (Å²) in [7, 11) is 0. The molecule has 0 unspecified atom stereocenters. The number of H-pyrrole nitrogens is 1. The van der Waals surface area contributed by atoms with Crippen LogP contribution in [0.5, 0.6) is 5.75 Å². The van der Waals surface area contributed by atoms with Gasteiger partial charge in [-0.3, -0.25) is 15.1 Å². The van der Waals surface area contributed by atoms with Crippen molar-refractivity contribution >= 4 is 61.3 Å². The smallest absolute Gasteiger partial charge is 0.490 e. The average Bonchev–Trinajstić information content (AvgIpc) is 3.55. The molecular formula is C25H19F3N6O6S. The minimum absolute atomic E-state index is 0.0404. The fraction of sp³-hybridized carbons (Fsp3) is 0.120. The Kier molecular flexibility index (Phi) is 8.32. The third kappa shape index (κ3) is 6.85. The standard InChI is InChI=1S/C23H18N6O4S.C2HF3O2/c30-19-15(8-7-12-4-3-9-24-18(12)19)20(31)27-23-29-28-22(34-23)26-17(21(32)33)10-13-11-25-16-6-2-1-5-14(13)16;3-2(4,5)1(6)7/h1-9,11,17,25,30H,10H2,(H,26,28)(H,32,33)(H,27,29,31);(H,6,7)/t17-;/m0./s1. The van der Waals surface area contributed by atoms with E-state index in [1.54, 1.807) is 24.4 Å². The predicted octanol–water partition coefficient (Wildman–Crippen LogP) is 4.27. The van der Waals surface area contributed by atoms with E-state index in [-0.39, 0.29) is 28.0 Å². The lowest BCUT2D eigenvalue weighted by Crippen LogP contribution is -2.31. The Bertz CT molecular complexity index is 1740. The van der Waals surface area contributed by atoms with Crippen LogP contribution < -0.4 is 10.6 Å². The maximum Gasteiger partial charge on any atom is 0.490 e. The van der Waals surface area contributed by atoms with Crippen LogP contribution in [0.4, 0.5) is 23.4 Å². The molecule has 3 aromatic heterocycles. The number of nitrogens with one attached hydrogen (secondary N) is 3. The van der Waals surface area contributed by atoms with Gasteiger partial charge in [-0.15, -0.1) is 10.2 Å². The number of phenols is 1. The minimum atomic E-state index is -5.08. The van der Waals surface area contributed by atoms with Crippen LogP contribution in [0.25, 0.3) is 21.8 Å². The summed E-state index contributed by atoms with van der Waals surface area (Å²) in [5.41, 5.74) is 2.14. The Hall–Kier alpha value is -5.25. The number of carboxylic acid groups (broad SMARTS) is 2. The van der Waals surface area contributed by atoms with Crippen LogP contribution in [0.1, 0.15) is 15.9 Å². The molecule has 1 atom stereocenters. The maximum absolute atomic E-state index is 12.7. The number of rotatable bonds is 7. The molecule has 0 aliphatic carbocycles. The number of benzene rings is 2. The second-order valence-corrected chi connectivity index (χ2v) is 9.28. The molecule has 2 aromatic carbocycles. The molecule has 41 heavy (non-hydrogen) atoms. The normalized spacial score (nSPS) is 11.9. The summed E-state index contributed by atoms with van der Waals surface area (Å²) in [6.07, 6.45) is -1.54. The second-order valence-electron chi connectivity index (χ2n) is 8.31. The van der Waals surface area contributed by atoms with E-state index in [1.807, 2.05) is 24.3 Å². The largest absolute Gasteiger partial charge is 0.505 e. The van der Waals surface area contributed by atoms with Gasteiger partial charge < -0.3 is 25.6 Å². The molecule has 3 heterocycles. The van der Waals surface area contributed by atoms with E-state index in [0.717, 1.165) is 27.8 Å². The lowest BCUT2D eigenvalue weighted by molar-refractivity contribution is -0.192. The van der Waals surface area contributed by atoms with E-state index < -0.39 is 30.1 Å². The third-order valence-electron chi connectivity index (χ3n) is 5.58. The van der Waals surface area contributed by atoms with Crippen molar-refractivity contribution in [1.82, 2.24) is 20.2 Å². The summed E-state index contributed by atoms with van der Waals surface area (Å²) in [5, 5.41) is 42.6. The molecule has 0 fully saturated rings. The zero-order valence-corrected chi connectivity index (χ0v) is 21.3. The Morgan fingerprint density at radius 2 is 1.71 bits per heavy atom. The first-order valence-corrected chi connectivity index (χ1v) is 12.3. The van der Waals surface area contributed by atoms with Gasteiger partial charge in [0.25, 0.3) is 5.91 Å². The molecule has 0 aliphatic heterocycles. The summed E-state index contributed by atoms with van der Waals surface area (Å²) in [5.74, 6) is -4.61. The average molecular weight is 589 g/mol. The number of hydrogen-bond donors (Lipinski definition) is 6. The molecule has 5 aromatic rings. The van der Waals surface area contributed by atoms with E-state index in [2.05, 4.69) is 30.8 Å². The van der Waals surface area contributed by atoms with Crippen molar-refractivity contribution in [1.29, 1.82) is 0 Å². The van der Waals surface area contributed by atoms with Crippen LogP contribution in [-0.4, -0.2) is 65.5 Å². The monoisotopic (exact) mass is 588 g/mol. The van der Waals surface area contributed by atoms with E-state index >= 15 is 0 Å². The zero-order valence-electron chi connectivity index (χ0n) is 20.5. The highest BCUT2D eigenvalue weighted by Crippen LogP contribution is 2.29. The van der Waals surface area contributed by atoms with Crippen molar-refractivity contribution in [3.63, 3.8) is 0 Å². The van der Waals surface area contributed by atoms with E-state index in [9.17, 15) is 33.0 Å². The zero-order chi connectivity index (χ0) is 29.7. The number of phenolic OH excluding ortho intramolecular Hbond substituents is 1. The van der Waals surface area contributed by atoms with Crippen LogP contribution in [0.3, 0.4) is 0 Å². The number of carbonyl (C=O) groups excluding carboxylic acids is 1. The van der Waals surface area contributed by atoms with Gasteiger partial charge in [0.2, 0.25) is 10.3 Å². The number of pyridine rings is 1. The van der Waals surface area contributed by atoms with Gasteiger partial charge in [0.1, 0.15) is 11.6 Å². The number of aliphatic carboxylic acids is 2. The maximum atomic E-state index is 12.7. The predicted molar refractivity (Wildman–Crippen MR) is 142 cm³/mol. The minimum Gasteiger partial charge on any atom is -0.505 e. The van der Waals surface area contributed by atoms with E-state index in [4.69, 9.17) is 9.90 Å². The topological polar surface area (TPSA) is 190 Å². The molecule has 5 rings (SSSR count). The molecule has 6 N–H and O–H groups in total. The molecule has 0 aliphatic rings. The summed E-state index contributed by atoms with van der Waals surface area (Å²) < 4.78 is 31.7. The number of para-hydroxylation sites is 1. The molecule has 212 valence electrons. The van der Waals surface area contributed by atoms with Crippen LogP contribution in [-0.2, 0) is 16.0 Å². The lowest BCUT2D eigenvalue weighted by atomic mass is 10.1. The number of carbonyl (C=O) groups is 3. The van der Waals surface area contributed by atoms with Crippen molar-refractivity contribution in [2.75, 3.05) is 10.6 Å². The molecule has 0 spiro atoms. The van der Waals surface area contributed by atoms with Gasteiger partial charge in [0.15, 0.2) is 5.75 Å². The van der Waals surface area contributed by atoms with Crippen LogP contribution >= 0.6 is 11.3 Å². The number of carboxylic acids is 2. The molecule has 0 saturated heterocycles. The quantitative estimate of drug-likeness (QED) is 0.160. The summed E-state index contributed by atoms with van der Waals surface area (Å²) in [6.45, 7) is 0. The number of amides is 1. The Morgan fingerprint density at radius 1 is 1.00 bits per heavy atom. The van der Waals surface area contributed by atoms with Gasteiger partial charge in [-0.2, -0.15) is 13.2 Å².